The van der Waals surface area contributed by atoms with Crippen LogP contribution in [0.4, 0.5) is 0 Å². The van der Waals surface area contributed by atoms with Crippen LogP contribution in [-0.2, 0) is 9.59 Å². The minimum atomic E-state index is -0.945. The summed E-state index contributed by atoms with van der Waals surface area (Å²) in [7, 11) is 1.83. The number of nitrogens with two attached hydrogens (primary N) is 1. The van der Waals surface area contributed by atoms with Gasteiger partial charge < -0.3 is 10.8 Å². The molecule has 0 amide bonds. The highest BCUT2D eigenvalue weighted by Crippen LogP contribution is 2.22. The van der Waals surface area contributed by atoms with Crippen molar-refractivity contribution in [3.63, 3.8) is 0 Å². The summed E-state index contributed by atoms with van der Waals surface area (Å²) in [5, 5.41) is 7.99. The molecule has 70 valence electrons. The van der Waals surface area contributed by atoms with Crippen LogP contribution in [0.25, 0.3) is 0 Å². The van der Waals surface area contributed by atoms with Gasteiger partial charge in [-0.1, -0.05) is 10.8 Å². The smallest absolute Gasteiger partial charge is 0.314 e. The molecule has 0 aromatic heterocycles. The summed E-state index contributed by atoms with van der Waals surface area (Å²) in [6.45, 7) is 0. The van der Waals surface area contributed by atoms with E-state index < -0.39 is 12.0 Å². The van der Waals surface area contributed by atoms with E-state index in [1.165, 1.54) is 0 Å². The molecule has 1 atom stereocenters. The fourth-order valence-corrected chi connectivity index (χ4v) is 2.24. The summed E-state index contributed by atoms with van der Waals surface area (Å²) >= 11 is 3.83. The van der Waals surface area contributed by atoms with E-state index in [0.717, 1.165) is 21.6 Å². The van der Waals surface area contributed by atoms with Gasteiger partial charge in [-0.05, 0) is 10.8 Å². The first-order chi connectivity index (χ1) is 5.57. The zero-order valence-electron chi connectivity index (χ0n) is 6.10. The lowest BCUT2D eigenvalue weighted by Crippen LogP contribution is -2.29. The SMILES string of the molecule is N[C@@H](CS)C(=O)SSCC(=O)O. The molecule has 0 radical (unpaired) electrons. The van der Waals surface area contributed by atoms with Gasteiger partial charge in [-0.25, -0.2) is 0 Å². The maximum atomic E-state index is 10.9. The molecule has 0 fully saturated rings. The van der Waals surface area contributed by atoms with Crippen molar-refractivity contribution in [1.82, 2.24) is 0 Å². The molecular formula is C5H9NO3S3. The van der Waals surface area contributed by atoms with E-state index in [1.54, 1.807) is 0 Å². The molecule has 0 rings (SSSR count). The lowest BCUT2D eigenvalue weighted by Gasteiger charge is -2.03. The summed E-state index contributed by atoms with van der Waals surface area (Å²) in [5.41, 5.74) is 5.33. The number of carbonyl (C=O) groups is 2. The Labute approximate surface area is 83.5 Å². The molecule has 0 aliphatic carbocycles. The van der Waals surface area contributed by atoms with Gasteiger partial charge in [-0.15, -0.1) is 0 Å². The predicted octanol–water partition coefficient (Wildman–Crippen LogP) is 0.236. The molecule has 12 heavy (non-hydrogen) atoms. The third-order valence-electron chi connectivity index (χ3n) is 0.823. The van der Waals surface area contributed by atoms with Crippen molar-refractivity contribution in [1.29, 1.82) is 0 Å². The number of rotatable bonds is 5. The highest BCUT2D eigenvalue weighted by Gasteiger charge is 2.12. The van der Waals surface area contributed by atoms with Gasteiger partial charge in [-0.3, -0.25) is 9.59 Å². The Morgan fingerprint density at radius 2 is 2.17 bits per heavy atom. The van der Waals surface area contributed by atoms with Crippen LogP contribution < -0.4 is 5.73 Å². The average molecular weight is 227 g/mol. The fraction of sp³-hybridized carbons (Fsp3) is 0.600. The van der Waals surface area contributed by atoms with Crippen molar-refractivity contribution < 1.29 is 14.7 Å². The van der Waals surface area contributed by atoms with Crippen LogP contribution in [-0.4, -0.2) is 33.7 Å². The van der Waals surface area contributed by atoms with E-state index in [4.69, 9.17) is 10.8 Å². The van der Waals surface area contributed by atoms with Crippen molar-refractivity contribution in [3.05, 3.63) is 0 Å². The molecule has 0 spiro atoms. The molecule has 0 heterocycles. The molecule has 0 aromatic rings. The fourth-order valence-electron chi connectivity index (χ4n) is 0.274. The lowest BCUT2D eigenvalue weighted by atomic mass is 10.4. The zero-order valence-corrected chi connectivity index (χ0v) is 8.62. The van der Waals surface area contributed by atoms with Crippen molar-refractivity contribution in [2.24, 2.45) is 5.73 Å². The number of carboxylic acid groups (broad SMARTS) is 1. The predicted molar refractivity (Wildman–Crippen MR) is 54.5 cm³/mol. The molecule has 0 unspecified atom stereocenters. The van der Waals surface area contributed by atoms with E-state index in [-0.39, 0.29) is 16.6 Å². The molecule has 0 aliphatic rings. The molecule has 0 aromatic carbocycles. The van der Waals surface area contributed by atoms with Gasteiger partial charge >= 0.3 is 5.97 Å². The third kappa shape index (κ3) is 5.76. The Hall–Kier alpha value is 0.150. The summed E-state index contributed by atoms with van der Waals surface area (Å²) in [6, 6.07) is -0.611. The maximum Gasteiger partial charge on any atom is 0.314 e. The first kappa shape index (κ1) is 12.2. The largest absolute Gasteiger partial charge is 0.481 e. The van der Waals surface area contributed by atoms with Crippen molar-refractivity contribution >= 4 is 45.3 Å². The third-order valence-corrected chi connectivity index (χ3v) is 3.37. The maximum absolute atomic E-state index is 10.9. The first-order valence-electron chi connectivity index (χ1n) is 2.99. The minimum Gasteiger partial charge on any atom is -0.481 e. The monoisotopic (exact) mass is 227 g/mol. The second-order valence-electron chi connectivity index (χ2n) is 1.85. The van der Waals surface area contributed by atoms with Gasteiger partial charge in [0.15, 0.2) is 0 Å². The van der Waals surface area contributed by atoms with Gasteiger partial charge in [0.2, 0.25) is 5.12 Å². The Morgan fingerprint density at radius 3 is 2.58 bits per heavy atom. The Kier molecular flexibility index (Phi) is 6.73. The second kappa shape index (κ2) is 6.64. The number of hydrogen-bond acceptors (Lipinski definition) is 6. The Balaban J connectivity index is 3.50. The van der Waals surface area contributed by atoms with Crippen LogP contribution in [0.3, 0.4) is 0 Å². The summed E-state index contributed by atoms with van der Waals surface area (Å²) in [6.07, 6.45) is 0. The van der Waals surface area contributed by atoms with E-state index >= 15 is 0 Å². The van der Waals surface area contributed by atoms with E-state index in [1.807, 2.05) is 0 Å². The quantitative estimate of drug-likeness (QED) is 0.461. The van der Waals surface area contributed by atoms with Crippen LogP contribution in [0.5, 0.6) is 0 Å². The second-order valence-corrected chi connectivity index (χ2v) is 4.51. The molecule has 0 saturated carbocycles. The van der Waals surface area contributed by atoms with Crippen molar-refractivity contribution in [2.45, 2.75) is 6.04 Å². The van der Waals surface area contributed by atoms with Gasteiger partial charge in [0.05, 0.1) is 6.04 Å². The minimum absolute atomic E-state index is 0.101. The van der Waals surface area contributed by atoms with Crippen LogP contribution in [0.2, 0.25) is 0 Å². The first-order valence-corrected chi connectivity index (χ1v) is 5.94. The molecule has 7 heteroatoms. The number of carbonyl (C=O) groups excluding carboxylic acids is 1. The summed E-state index contributed by atoms with van der Waals surface area (Å²) < 4.78 is 0. The summed E-state index contributed by atoms with van der Waals surface area (Å²) in [4.78, 5) is 21.0. The molecule has 4 nitrogen and oxygen atoms in total. The lowest BCUT2D eigenvalue weighted by molar-refractivity contribution is -0.133. The van der Waals surface area contributed by atoms with Gasteiger partial charge in [0.25, 0.3) is 0 Å². The molecule has 0 bridgehead atoms. The Bertz CT molecular complexity index is 175. The summed E-state index contributed by atoms with van der Waals surface area (Å²) in [5.74, 6) is -0.769. The van der Waals surface area contributed by atoms with Gasteiger partial charge in [-0.2, -0.15) is 12.6 Å². The van der Waals surface area contributed by atoms with Crippen LogP contribution >= 0.6 is 34.2 Å². The standard InChI is InChI=1S/C5H9NO3S3/c6-3(1-10)5(9)12-11-2-4(7)8/h3,10H,1-2,6H2,(H,7,8)/t3-/m0/s1. The zero-order chi connectivity index (χ0) is 9.56. The van der Waals surface area contributed by atoms with E-state index in [9.17, 15) is 9.59 Å². The van der Waals surface area contributed by atoms with Crippen molar-refractivity contribution in [3.8, 4) is 0 Å². The van der Waals surface area contributed by atoms with E-state index in [0.29, 0.717) is 0 Å². The normalized spacial score (nSPS) is 12.5. The number of carboxylic acids is 1. The number of aliphatic carboxylic acids is 1. The Morgan fingerprint density at radius 1 is 1.58 bits per heavy atom. The van der Waals surface area contributed by atoms with E-state index in [2.05, 4.69) is 12.6 Å². The number of hydrogen-bond donors (Lipinski definition) is 3. The highest BCUT2D eigenvalue weighted by atomic mass is 33.1. The highest BCUT2D eigenvalue weighted by molar-refractivity contribution is 8.82. The van der Waals surface area contributed by atoms with Crippen LogP contribution in [0.1, 0.15) is 0 Å². The number of thiol groups is 1. The topological polar surface area (TPSA) is 80.4 Å². The molecule has 0 saturated heterocycles. The van der Waals surface area contributed by atoms with Crippen LogP contribution in [0, 0.1) is 0 Å². The van der Waals surface area contributed by atoms with Crippen molar-refractivity contribution in [2.75, 3.05) is 11.5 Å². The van der Waals surface area contributed by atoms with Gasteiger partial charge in [0, 0.05) is 5.75 Å². The molecular weight excluding hydrogens is 218 g/mol. The molecule has 0 aliphatic heterocycles. The van der Waals surface area contributed by atoms with Crippen LogP contribution in [0.15, 0.2) is 0 Å². The molecule has 3 N–H and O–H groups in total. The van der Waals surface area contributed by atoms with Gasteiger partial charge in [0.1, 0.15) is 5.75 Å². The average Bonchev–Trinajstić information content (AvgIpc) is 2.02.